The van der Waals surface area contributed by atoms with Crippen LogP contribution in [0.5, 0.6) is 0 Å². The van der Waals surface area contributed by atoms with Gasteiger partial charge in [0.25, 0.3) is 0 Å². The fourth-order valence-corrected chi connectivity index (χ4v) is 3.21. The van der Waals surface area contributed by atoms with Crippen molar-refractivity contribution in [3.05, 3.63) is 17.7 Å². The minimum Gasteiger partial charge on any atom is -0.347 e. The Morgan fingerprint density at radius 3 is 2.76 bits per heavy atom. The highest BCUT2D eigenvalue weighted by atomic mass is 15.3. The molecule has 6 nitrogen and oxygen atoms in total. The van der Waals surface area contributed by atoms with E-state index in [1.54, 1.807) is 0 Å². The van der Waals surface area contributed by atoms with E-state index in [0.717, 1.165) is 26.1 Å². The average molecular weight is 292 g/mol. The third-order valence-corrected chi connectivity index (χ3v) is 4.62. The van der Waals surface area contributed by atoms with Crippen LogP contribution in [0.3, 0.4) is 0 Å². The van der Waals surface area contributed by atoms with Crippen LogP contribution in [0.4, 0.5) is 0 Å². The molecular weight excluding hydrogens is 264 g/mol. The lowest BCUT2D eigenvalue weighted by atomic mass is 10.0. The Morgan fingerprint density at radius 2 is 2.00 bits per heavy atom. The Labute approximate surface area is 127 Å². The van der Waals surface area contributed by atoms with Crippen molar-refractivity contribution in [1.82, 2.24) is 30.0 Å². The molecule has 0 aliphatic carbocycles. The number of likely N-dealkylation sites (N-methyl/N-ethyl adjacent to an activating group) is 1. The van der Waals surface area contributed by atoms with Gasteiger partial charge in [-0.2, -0.15) is 0 Å². The highest BCUT2D eigenvalue weighted by Gasteiger charge is 2.24. The predicted molar refractivity (Wildman–Crippen MR) is 84.4 cm³/mol. The normalized spacial score (nSPS) is 24.4. The molecule has 0 spiro atoms. The maximum absolute atomic E-state index is 4.43. The average Bonchev–Trinajstić information content (AvgIpc) is 2.94. The molecule has 1 unspecified atom stereocenters. The molecule has 1 aromatic rings. The van der Waals surface area contributed by atoms with Crippen LogP contribution in [-0.2, 0) is 13.0 Å². The van der Waals surface area contributed by atoms with Crippen molar-refractivity contribution in [1.29, 1.82) is 0 Å². The van der Waals surface area contributed by atoms with Gasteiger partial charge in [0.05, 0.1) is 17.7 Å². The van der Waals surface area contributed by atoms with E-state index in [9.17, 15) is 0 Å². The summed E-state index contributed by atoms with van der Waals surface area (Å²) in [5, 5.41) is 3.63. The maximum Gasteiger partial charge on any atom is 0.0925 e. The molecule has 3 rings (SSSR count). The first-order valence-corrected chi connectivity index (χ1v) is 8.04. The zero-order chi connectivity index (χ0) is 14.7. The van der Waals surface area contributed by atoms with Crippen molar-refractivity contribution >= 4 is 0 Å². The zero-order valence-corrected chi connectivity index (χ0v) is 13.3. The van der Waals surface area contributed by atoms with Crippen LogP contribution in [-0.4, -0.2) is 90.6 Å². The number of imidazole rings is 1. The van der Waals surface area contributed by atoms with Gasteiger partial charge in [-0.15, -0.1) is 0 Å². The number of H-pyrrole nitrogens is 1. The molecule has 3 heterocycles. The van der Waals surface area contributed by atoms with Crippen LogP contribution in [0, 0.1) is 0 Å². The Morgan fingerprint density at radius 1 is 1.24 bits per heavy atom. The van der Waals surface area contributed by atoms with Crippen LogP contribution >= 0.6 is 0 Å². The summed E-state index contributed by atoms with van der Waals surface area (Å²) in [7, 11) is 4.29. The molecule has 118 valence electrons. The van der Waals surface area contributed by atoms with E-state index in [0.29, 0.717) is 6.04 Å². The lowest BCUT2D eigenvalue weighted by Gasteiger charge is -2.37. The van der Waals surface area contributed by atoms with Crippen LogP contribution < -0.4 is 5.32 Å². The van der Waals surface area contributed by atoms with Crippen LogP contribution in [0.2, 0.25) is 0 Å². The highest BCUT2D eigenvalue weighted by molar-refractivity contribution is 5.16. The summed E-state index contributed by atoms with van der Waals surface area (Å²) in [4.78, 5) is 15.1. The fraction of sp³-hybridized carbons (Fsp3) is 0.800. The van der Waals surface area contributed by atoms with Crippen LogP contribution in [0.1, 0.15) is 11.4 Å². The molecule has 0 saturated carbocycles. The summed E-state index contributed by atoms with van der Waals surface area (Å²) in [5.74, 6) is 0. The molecule has 2 aliphatic rings. The maximum atomic E-state index is 4.43. The number of aromatic amines is 1. The molecule has 1 fully saturated rings. The number of piperazine rings is 1. The van der Waals surface area contributed by atoms with Crippen molar-refractivity contribution < 1.29 is 0 Å². The molecule has 2 aliphatic heterocycles. The minimum absolute atomic E-state index is 0.550. The Bertz CT molecular complexity index is 435. The number of nitrogens with zero attached hydrogens (tertiary/aromatic N) is 4. The van der Waals surface area contributed by atoms with Gasteiger partial charge >= 0.3 is 0 Å². The minimum atomic E-state index is 0.550. The van der Waals surface area contributed by atoms with Gasteiger partial charge in [0.1, 0.15) is 0 Å². The summed E-state index contributed by atoms with van der Waals surface area (Å²) < 4.78 is 0. The van der Waals surface area contributed by atoms with Gasteiger partial charge in [0.2, 0.25) is 0 Å². The smallest absolute Gasteiger partial charge is 0.0925 e. The van der Waals surface area contributed by atoms with Gasteiger partial charge in [-0.25, -0.2) is 4.98 Å². The first-order valence-electron chi connectivity index (χ1n) is 8.04. The molecule has 6 heteroatoms. The fourth-order valence-electron chi connectivity index (χ4n) is 3.21. The SMILES string of the molecule is CN(C)CCN1CCN(CC2Cc3nc[nH]c3CN2)CC1. The van der Waals surface area contributed by atoms with E-state index in [-0.39, 0.29) is 0 Å². The first kappa shape index (κ1) is 15.0. The van der Waals surface area contributed by atoms with Crippen LogP contribution in [0.15, 0.2) is 6.33 Å². The molecule has 1 atom stereocenters. The topological polar surface area (TPSA) is 50.4 Å². The number of hydrogen-bond acceptors (Lipinski definition) is 5. The number of fused-ring (bicyclic) bond motifs is 1. The van der Waals surface area contributed by atoms with Crippen molar-refractivity contribution in [2.45, 2.75) is 19.0 Å². The molecule has 0 amide bonds. The van der Waals surface area contributed by atoms with E-state index >= 15 is 0 Å². The number of aromatic nitrogens is 2. The number of nitrogens with one attached hydrogen (secondary N) is 2. The monoisotopic (exact) mass is 292 g/mol. The highest BCUT2D eigenvalue weighted by Crippen LogP contribution is 2.13. The summed E-state index contributed by atoms with van der Waals surface area (Å²) in [6.07, 6.45) is 2.87. The first-order chi connectivity index (χ1) is 10.2. The van der Waals surface area contributed by atoms with E-state index in [4.69, 9.17) is 0 Å². The number of hydrogen-bond donors (Lipinski definition) is 2. The molecule has 1 saturated heterocycles. The lowest BCUT2D eigenvalue weighted by molar-refractivity contribution is 0.115. The molecule has 2 N–H and O–H groups in total. The molecule has 0 radical (unpaired) electrons. The third kappa shape index (κ3) is 4.03. The molecule has 1 aromatic heterocycles. The third-order valence-electron chi connectivity index (χ3n) is 4.62. The van der Waals surface area contributed by atoms with Crippen molar-refractivity contribution in [3.63, 3.8) is 0 Å². The van der Waals surface area contributed by atoms with Crippen LogP contribution in [0.25, 0.3) is 0 Å². The standard InChI is InChI=1S/C15H28N6/c1-19(2)3-4-20-5-7-21(8-6-20)11-13-9-14-15(10-16-13)18-12-17-14/h12-13,16H,3-11H2,1-2H3,(H,17,18). The second kappa shape index (κ2) is 6.87. The lowest BCUT2D eigenvalue weighted by Crippen LogP contribution is -2.52. The number of rotatable bonds is 5. The zero-order valence-electron chi connectivity index (χ0n) is 13.3. The molecule has 0 aromatic carbocycles. The van der Waals surface area contributed by atoms with Crippen molar-refractivity contribution in [3.8, 4) is 0 Å². The van der Waals surface area contributed by atoms with Gasteiger partial charge in [0, 0.05) is 64.8 Å². The summed E-state index contributed by atoms with van der Waals surface area (Å²) >= 11 is 0. The largest absolute Gasteiger partial charge is 0.347 e. The Hall–Kier alpha value is -0.950. The molecular formula is C15H28N6. The summed E-state index contributed by atoms with van der Waals surface area (Å²) in [6, 6.07) is 0.550. The van der Waals surface area contributed by atoms with Gasteiger partial charge < -0.3 is 15.2 Å². The van der Waals surface area contributed by atoms with Gasteiger partial charge in [-0.05, 0) is 14.1 Å². The van der Waals surface area contributed by atoms with E-state index in [2.05, 4.69) is 44.1 Å². The van der Waals surface area contributed by atoms with Gasteiger partial charge in [-0.3, -0.25) is 9.80 Å². The summed E-state index contributed by atoms with van der Waals surface area (Å²) in [5.41, 5.74) is 2.52. The second-order valence-electron chi connectivity index (χ2n) is 6.56. The molecule has 0 bridgehead atoms. The van der Waals surface area contributed by atoms with Gasteiger partial charge in [-0.1, -0.05) is 0 Å². The van der Waals surface area contributed by atoms with E-state index < -0.39 is 0 Å². The Kier molecular flexibility index (Phi) is 4.90. The molecule has 21 heavy (non-hydrogen) atoms. The van der Waals surface area contributed by atoms with Crippen molar-refractivity contribution in [2.24, 2.45) is 0 Å². The Balaban J connectivity index is 1.40. The van der Waals surface area contributed by atoms with E-state index in [1.807, 2.05) is 6.33 Å². The summed E-state index contributed by atoms with van der Waals surface area (Å²) in [6.45, 7) is 9.22. The second-order valence-corrected chi connectivity index (χ2v) is 6.56. The van der Waals surface area contributed by atoms with Crippen molar-refractivity contribution in [2.75, 3.05) is 59.9 Å². The predicted octanol–water partition coefficient (Wildman–Crippen LogP) is -0.397. The van der Waals surface area contributed by atoms with Gasteiger partial charge in [0.15, 0.2) is 0 Å². The quantitative estimate of drug-likeness (QED) is 0.774. The van der Waals surface area contributed by atoms with E-state index in [1.165, 1.54) is 44.1 Å².